The molecule has 0 rings (SSSR count). The zero-order valence-corrected chi connectivity index (χ0v) is 11.0. The SMILES string of the molecule is CCCCCCCCC(O)C(C)S(=O)(=O)O. The lowest BCUT2D eigenvalue weighted by Gasteiger charge is -2.15. The van der Waals surface area contributed by atoms with Gasteiger partial charge in [0.2, 0.25) is 0 Å². The quantitative estimate of drug-likeness (QED) is 0.488. The number of rotatable bonds is 9. The highest BCUT2D eigenvalue weighted by Gasteiger charge is 2.25. The Balaban J connectivity index is 3.62. The van der Waals surface area contributed by atoms with E-state index in [1.807, 2.05) is 0 Å². The molecule has 0 amide bonds. The maximum absolute atomic E-state index is 10.7. The number of aliphatic hydroxyl groups is 1. The molecule has 98 valence electrons. The molecule has 16 heavy (non-hydrogen) atoms. The van der Waals surface area contributed by atoms with Crippen LogP contribution in [0.2, 0.25) is 0 Å². The molecule has 2 N–H and O–H groups in total. The van der Waals surface area contributed by atoms with E-state index >= 15 is 0 Å². The van der Waals surface area contributed by atoms with Crippen molar-refractivity contribution in [3.63, 3.8) is 0 Å². The largest absolute Gasteiger partial charge is 0.392 e. The molecule has 2 atom stereocenters. The number of hydrogen-bond donors (Lipinski definition) is 2. The molecular formula is C11H24O4S. The van der Waals surface area contributed by atoms with Gasteiger partial charge in [-0.2, -0.15) is 8.42 Å². The average Bonchev–Trinajstić information content (AvgIpc) is 2.20. The van der Waals surface area contributed by atoms with Crippen LogP contribution in [0.4, 0.5) is 0 Å². The number of unbranched alkanes of at least 4 members (excludes halogenated alkanes) is 5. The monoisotopic (exact) mass is 252 g/mol. The first kappa shape index (κ1) is 15.9. The summed E-state index contributed by atoms with van der Waals surface area (Å²) in [6, 6.07) is 0. The van der Waals surface area contributed by atoms with Gasteiger partial charge >= 0.3 is 0 Å². The molecule has 0 aromatic rings. The van der Waals surface area contributed by atoms with E-state index < -0.39 is 21.5 Å². The second-order valence-corrected chi connectivity index (χ2v) is 6.12. The fourth-order valence-electron chi connectivity index (χ4n) is 1.57. The zero-order valence-electron chi connectivity index (χ0n) is 10.2. The molecule has 0 spiro atoms. The van der Waals surface area contributed by atoms with Crippen LogP contribution in [0.15, 0.2) is 0 Å². The summed E-state index contributed by atoms with van der Waals surface area (Å²) < 4.78 is 30.2. The summed E-state index contributed by atoms with van der Waals surface area (Å²) in [5.74, 6) is 0. The van der Waals surface area contributed by atoms with Gasteiger partial charge in [0, 0.05) is 0 Å². The Labute approximate surface area is 98.8 Å². The van der Waals surface area contributed by atoms with Gasteiger partial charge in [0.25, 0.3) is 10.1 Å². The molecule has 0 aromatic heterocycles. The van der Waals surface area contributed by atoms with E-state index in [0.717, 1.165) is 19.3 Å². The molecule has 2 unspecified atom stereocenters. The minimum atomic E-state index is -4.10. The van der Waals surface area contributed by atoms with Crippen molar-refractivity contribution in [2.24, 2.45) is 0 Å². The van der Waals surface area contributed by atoms with Gasteiger partial charge in [0.15, 0.2) is 0 Å². The normalized spacial score (nSPS) is 16.0. The number of aliphatic hydroxyl groups excluding tert-OH is 1. The van der Waals surface area contributed by atoms with Gasteiger partial charge in [0.1, 0.15) is 5.25 Å². The third-order valence-electron chi connectivity index (χ3n) is 2.87. The highest BCUT2D eigenvalue weighted by Crippen LogP contribution is 2.13. The van der Waals surface area contributed by atoms with Crippen LogP contribution in [0, 0.1) is 0 Å². The van der Waals surface area contributed by atoms with Crippen LogP contribution < -0.4 is 0 Å². The fourth-order valence-corrected chi connectivity index (χ4v) is 2.10. The molecule has 4 nitrogen and oxygen atoms in total. The van der Waals surface area contributed by atoms with Crippen molar-refractivity contribution < 1.29 is 18.1 Å². The summed E-state index contributed by atoms with van der Waals surface area (Å²) in [7, 11) is -4.10. The first-order valence-corrected chi connectivity index (χ1v) is 7.54. The highest BCUT2D eigenvalue weighted by atomic mass is 32.2. The van der Waals surface area contributed by atoms with Gasteiger partial charge in [-0.15, -0.1) is 0 Å². The van der Waals surface area contributed by atoms with Gasteiger partial charge in [-0.05, 0) is 13.3 Å². The Morgan fingerprint density at radius 3 is 2.06 bits per heavy atom. The lowest BCUT2D eigenvalue weighted by molar-refractivity contribution is 0.155. The standard InChI is InChI=1S/C11H24O4S/c1-3-4-5-6-7-8-9-11(12)10(2)16(13,14)15/h10-12H,3-9H2,1-2H3,(H,13,14,15). The van der Waals surface area contributed by atoms with Gasteiger partial charge in [-0.25, -0.2) is 0 Å². The van der Waals surface area contributed by atoms with E-state index in [1.165, 1.54) is 26.2 Å². The van der Waals surface area contributed by atoms with Crippen LogP contribution in [0.3, 0.4) is 0 Å². The summed E-state index contributed by atoms with van der Waals surface area (Å²) in [5.41, 5.74) is 0. The van der Waals surface area contributed by atoms with Gasteiger partial charge in [-0.1, -0.05) is 45.4 Å². The Morgan fingerprint density at radius 2 is 1.56 bits per heavy atom. The number of hydrogen-bond acceptors (Lipinski definition) is 3. The highest BCUT2D eigenvalue weighted by molar-refractivity contribution is 7.86. The first-order chi connectivity index (χ1) is 7.39. The first-order valence-electron chi connectivity index (χ1n) is 6.04. The van der Waals surface area contributed by atoms with E-state index in [-0.39, 0.29) is 0 Å². The van der Waals surface area contributed by atoms with E-state index in [4.69, 9.17) is 4.55 Å². The molecule has 5 heteroatoms. The average molecular weight is 252 g/mol. The van der Waals surface area contributed by atoms with Gasteiger partial charge in [-0.3, -0.25) is 4.55 Å². The molecular weight excluding hydrogens is 228 g/mol. The summed E-state index contributed by atoms with van der Waals surface area (Å²) in [4.78, 5) is 0. The summed E-state index contributed by atoms with van der Waals surface area (Å²) in [5, 5.41) is 8.44. The summed E-state index contributed by atoms with van der Waals surface area (Å²) in [6.07, 6.45) is 6.04. The summed E-state index contributed by atoms with van der Waals surface area (Å²) in [6.45, 7) is 3.48. The molecule has 0 bridgehead atoms. The minimum absolute atomic E-state index is 0.438. The van der Waals surface area contributed by atoms with Gasteiger partial charge < -0.3 is 5.11 Å². The second kappa shape index (κ2) is 8.03. The third-order valence-corrected chi connectivity index (χ3v) is 4.12. The maximum atomic E-state index is 10.7. The Morgan fingerprint density at radius 1 is 1.06 bits per heavy atom. The Kier molecular flexibility index (Phi) is 7.97. The zero-order chi connectivity index (χ0) is 12.6. The molecule has 0 radical (unpaired) electrons. The fraction of sp³-hybridized carbons (Fsp3) is 1.00. The molecule has 0 aromatic carbocycles. The Bertz CT molecular complexity index is 261. The predicted octanol–water partition coefficient (Wildman–Crippen LogP) is 2.37. The van der Waals surface area contributed by atoms with Crippen LogP contribution in [-0.2, 0) is 10.1 Å². The van der Waals surface area contributed by atoms with E-state index in [9.17, 15) is 13.5 Å². The van der Waals surface area contributed by atoms with Crippen molar-refractivity contribution in [2.45, 2.75) is 70.1 Å². The van der Waals surface area contributed by atoms with Crippen molar-refractivity contribution in [2.75, 3.05) is 0 Å². The van der Waals surface area contributed by atoms with Crippen molar-refractivity contribution >= 4 is 10.1 Å². The minimum Gasteiger partial charge on any atom is -0.392 e. The van der Waals surface area contributed by atoms with Crippen LogP contribution in [0.1, 0.15) is 58.8 Å². The Hall–Kier alpha value is -0.130. The van der Waals surface area contributed by atoms with Crippen LogP contribution in [0.5, 0.6) is 0 Å². The van der Waals surface area contributed by atoms with E-state index in [2.05, 4.69) is 6.92 Å². The maximum Gasteiger partial charge on any atom is 0.270 e. The second-order valence-electron chi connectivity index (χ2n) is 4.34. The lowest BCUT2D eigenvalue weighted by Crippen LogP contribution is -2.30. The van der Waals surface area contributed by atoms with Gasteiger partial charge in [0.05, 0.1) is 6.10 Å². The molecule has 0 heterocycles. The smallest absolute Gasteiger partial charge is 0.270 e. The lowest BCUT2D eigenvalue weighted by atomic mass is 10.1. The topological polar surface area (TPSA) is 74.6 Å². The van der Waals surface area contributed by atoms with Crippen LogP contribution in [-0.4, -0.2) is 29.4 Å². The molecule has 0 saturated heterocycles. The third kappa shape index (κ3) is 7.19. The van der Waals surface area contributed by atoms with Crippen molar-refractivity contribution in [3.8, 4) is 0 Å². The van der Waals surface area contributed by atoms with Crippen molar-refractivity contribution in [1.29, 1.82) is 0 Å². The van der Waals surface area contributed by atoms with E-state index in [1.54, 1.807) is 0 Å². The van der Waals surface area contributed by atoms with Crippen LogP contribution in [0.25, 0.3) is 0 Å². The van der Waals surface area contributed by atoms with Crippen molar-refractivity contribution in [3.05, 3.63) is 0 Å². The van der Waals surface area contributed by atoms with E-state index in [0.29, 0.717) is 6.42 Å². The van der Waals surface area contributed by atoms with Crippen molar-refractivity contribution in [1.82, 2.24) is 0 Å². The predicted molar refractivity (Wildman–Crippen MR) is 65.0 cm³/mol. The molecule has 0 aliphatic rings. The molecule has 0 aliphatic heterocycles. The molecule has 0 fully saturated rings. The summed E-state index contributed by atoms with van der Waals surface area (Å²) >= 11 is 0. The molecule has 0 aliphatic carbocycles. The molecule has 0 saturated carbocycles. The van der Waals surface area contributed by atoms with Crippen LogP contribution >= 0.6 is 0 Å².